The molecule has 21 heavy (non-hydrogen) atoms. The third-order valence-corrected chi connectivity index (χ3v) is 4.33. The van der Waals surface area contributed by atoms with Crippen molar-refractivity contribution in [2.45, 2.75) is 46.5 Å². The standard InChI is InChI=1S/C16H29N5/c1-4-8-18-14-11-15(20-16(17)19-14)21-9-5-6-13(7-10-21)12(2)3/h11-13H,4-10H2,1-3H3,(H3,17,18,19,20). The number of nitrogens with two attached hydrogens (primary N) is 1. The van der Waals surface area contributed by atoms with E-state index in [1.807, 2.05) is 6.07 Å². The average molecular weight is 291 g/mol. The van der Waals surface area contributed by atoms with Gasteiger partial charge in [-0.05, 0) is 37.5 Å². The van der Waals surface area contributed by atoms with E-state index < -0.39 is 0 Å². The van der Waals surface area contributed by atoms with Crippen LogP contribution in [0.25, 0.3) is 0 Å². The fourth-order valence-corrected chi connectivity index (χ4v) is 2.98. The quantitative estimate of drug-likeness (QED) is 0.872. The highest BCUT2D eigenvalue weighted by atomic mass is 15.2. The van der Waals surface area contributed by atoms with E-state index in [0.717, 1.165) is 49.5 Å². The molecule has 1 unspecified atom stereocenters. The number of anilines is 3. The summed E-state index contributed by atoms with van der Waals surface area (Å²) in [5.74, 6) is 3.75. The van der Waals surface area contributed by atoms with Crippen LogP contribution in [0.15, 0.2) is 6.07 Å². The molecule has 3 N–H and O–H groups in total. The Labute approximate surface area is 128 Å². The summed E-state index contributed by atoms with van der Waals surface area (Å²) >= 11 is 0. The molecule has 5 heteroatoms. The first kappa shape index (κ1) is 15.9. The Balaban J connectivity index is 2.08. The van der Waals surface area contributed by atoms with Crippen LogP contribution >= 0.6 is 0 Å². The summed E-state index contributed by atoms with van der Waals surface area (Å²) in [4.78, 5) is 11.1. The highest BCUT2D eigenvalue weighted by Crippen LogP contribution is 2.27. The Bertz CT molecular complexity index is 446. The van der Waals surface area contributed by atoms with E-state index in [1.165, 1.54) is 19.3 Å². The Morgan fingerprint density at radius 1 is 1.33 bits per heavy atom. The number of hydrogen-bond acceptors (Lipinski definition) is 5. The number of nitrogen functional groups attached to an aromatic ring is 1. The summed E-state index contributed by atoms with van der Waals surface area (Å²) in [5.41, 5.74) is 5.86. The summed E-state index contributed by atoms with van der Waals surface area (Å²) in [5, 5.41) is 3.30. The molecule has 0 aromatic carbocycles. The molecule has 0 saturated carbocycles. The van der Waals surface area contributed by atoms with Gasteiger partial charge in [-0.1, -0.05) is 20.8 Å². The molecule has 1 aromatic rings. The summed E-state index contributed by atoms with van der Waals surface area (Å²) in [6.45, 7) is 9.83. The van der Waals surface area contributed by atoms with Crippen molar-refractivity contribution in [3.05, 3.63) is 6.07 Å². The lowest BCUT2D eigenvalue weighted by atomic mass is 9.89. The molecule has 0 radical (unpaired) electrons. The first-order valence-corrected chi connectivity index (χ1v) is 8.23. The van der Waals surface area contributed by atoms with Crippen molar-refractivity contribution in [2.75, 3.05) is 35.6 Å². The lowest BCUT2D eigenvalue weighted by Gasteiger charge is -2.23. The maximum Gasteiger partial charge on any atom is 0.223 e. The number of hydrogen-bond donors (Lipinski definition) is 2. The number of aromatic nitrogens is 2. The van der Waals surface area contributed by atoms with Gasteiger partial charge in [0.15, 0.2) is 0 Å². The SMILES string of the molecule is CCCNc1cc(N2CCCC(C(C)C)CC2)nc(N)n1. The number of rotatable bonds is 5. The normalized spacial score (nSPS) is 19.6. The van der Waals surface area contributed by atoms with Crippen molar-refractivity contribution in [2.24, 2.45) is 11.8 Å². The maximum atomic E-state index is 5.86. The largest absolute Gasteiger partial charge is 0.370 e. The van der Waals surface area contributed by atoms with Crippen molar-refractivity contribution in [1.29, 1.82) is 0 Å². The third-order valence-electron chi connectivity index (χ3n) is 4.33. The molecule has 5 nitrogen and oxygen atoms in total. The molecule has 0 amide bonds. The highest BCUT2D eigenvalue weighted by Gasteiger charge is 2.20. The number of nitrogens with one attached hydrogen (secondary N) is 1. The van der Waals surface area contributed by atoms with E-state index in [9.17, 15) is 0 Å². The molecule has 1 aliphatic rings. The van der Waals surface area contributed by atoms with E-state index in [0.29, 0.717) is 5.95 Å². The molecular weight excluding hydrogens is 262 g/mol. The second kappa shape index (κ2) is 7.48. The fraction of sp³-hybridized carbons (Fsp3) is 0.750. The Kier molecular flexibility index (Phi) is 5.65. The zero-order valence-corrected chi connectivity index (χ0v) is 13.6. The topological polar surface area (TPSA) is 67.1 Å². The van der Waals surface area contributed by atoms with E-state index in [2.05, 4.69) is 41.0 Å². The van der Waals surface area contributed by atoms with Crippen molar-refractivity contribution >= 4 is 17.6 Å². The minimum absolute atomic E-state index is 0.357. The van der Waals surface area contributed by atoms with Crippen molar-refractivity contribution in [3.8, 4) is 0 Å². The Hall–Kier alpha value is -1.52. The van der Waals surface area contributed by atoms with Gasteiger partial charge in [-0.3, -0.25) is 0 Å². The van der Waals surface area contributed by atoms with Crippen LogP contribution in [-0.2, 0) is 0 Å². The van der Waals surface area contributed by atoms with Gasteiger partial charge in [0.25, 0.3) is 0 Å². The van der Waals surface area contributed by atoms with Gasteiger partial charge in [0.05, 0.1) is 0 Å². The van der Waals surface area contributed by atoms with Gasteiger partial charge in [-0.2, -0.15) is 9.97 Å². The minimum atomic E-state index is 0.357. The van der Waals surface area contributed by atoms with Gasteiger partial charge in [-0.15, -0.1) is 0 Å². The van der Waals surface area contributed by atoms with Gasteiger partial charge in [0.1, 0.15) is 11.6 Å². The van der Waals surface area contributed by atoms with Gasteiger partial charge < -0.3 is 16.0 Å². The Morgan fingerprint density at radius 3 is 2.86 bits per heavy atom. The predicted molar refractivity (Wildman–Crippen MR) is 89.6 cm³/mol. The number of nitrogens with zero attached hydrogens (tertiary/aromatic N) is 3. The first-order chi connectivity index (χ1) is 10.1. The molecule has 1 fully saturated rings. The van der Waals surface area contributed by atoms with E-state index in [4.69, 9.17) is 5.73 Å². The summed E-state index contributed by atoms with van der Waals surface area (Å²) in [6.07, 6.45) is 4.85. The molecule has 1 aromatic heterocycles. The fourth-order valence-electron chi connectivity index (χ4n) is 2.98. The van der Waals surface area contributed by atoms with Crippen LogP contribution in [0.1, 0.15) is 46.5 Å². The van der Waals surface area contributed by atoms with Crippen LogP contribution in [0.4, 0.5) is 17.6 Å². The van der Waals surface area contributed by atoms with Crippen molar-refractivity contribution in [1.82, 2.24) is 9.97 Å². The molecule has 2 rings (SSSR count). The molecule has 1 atom stereocenters. The van der Waals surface area contributed by atoms with Crippen LogP contribution in [0.5, 0.6) is 0 Å². The van der Waals surface area contributed by atoms with Gasteiger partial charge in [0, 0.05) is 25.7 Å². The second-order valence-corrected chi connectivity index (χ2v) is 6.32. The molecular formula is C16H29N5. The van der Waals surface area contributed by atoms with Gasteiger partial charge in [-0.25, -0.2) is 0 Å². The molecule has 0 bridgehead atoms. The van der Waals surface area contributed by atoms with Crippen molar-refractivity contribution in [3.63, 3.8) is 0 Å². The zero-order valence-electron chi connectivity index (χ0n) is 13.6. The minimum Gasteiger partial charge on any atom is -0.370 e. The molecule has 118 valence electrons. The smallest absolute Gasteiger partial charge is 0.223 e. The molecule has 1 aliphatic heterocycles. The van der Waals surface area contributed by atoms with Gasteiger partial charge in [0.2, 0.25) is 5.95 Å². The van der Waals surface area contributed by atoms with Crippen LogP contribution in [0.2, 0.25) is 0 Å². The molecule has 0 aliphatic carbocycles. The second-order valence-electron chi connectivity index (χ2n) is 6.32. The van der Waals surface area contributed by atoms with Crippen LogP contribution in [0.3, 0.4) is 0 Å². The van der Waals surface area contributed by atoms with E-state index in [1.54, 1.807) is 0 Å². The average Bonchev–Trinajstić information content (AvgIpc) is 2.70. The van der Waals surface area contributed by atoms with Gasteiger partial charge >= 0.3 is 0 Å². The predicted octanol–water partition coefficient (Wildman–Crippen LogP) is 3.14. The molecule has 0 spiro atoms. The lowest BCUT2D eigenvalue weighted by Crippen LogP contribution is -2.26. The Morgan fingerprint density at radius 2 is 2.14 bits per heavy atom. The monoisotopic (exact) mass is 291 g/mol. The summed E-state index contributed by atoms with van der Waals surface area (Å²) in [6, 6.07) is 2.03. The molecule has 2 heterocycles. The third kappa shape index (κ3) is 4.48. The van der Waals surface area contributed by atoms with E-state index in [-0.39, 0.29) is 0 Å². The highest BCUT2D eigenvalue weighted by molar-refractivity contribution is 5.52. The summed E-state index contributed by atoms with van der Waals surface area (Å²) < 4.78 is 0. The summed E-state index contributed by atoms with van der Waals surface area (Å²) in [7, 11) is 0. The van der Waals surface area contributed by atoms with Crippen LogP contribution in [0, 0.1) is 11.8 Å². The van der Waals surface area contributed by atoms with Crippen LogP contribution < -0.4 is 16.0 Å². The maximum absolute atomic E-state index is 5.86. The lowest BCUT2D eigenvalue weighted by molar-refractivity contribution is 0.351. The van der Waals surface area contributed by atoms with Crippen molar-refractivity contribution < 1.29 is 0 Å². The molecule has 1 saturated heterocycles. The van der Waals surface area contributed by atoms with Crippen LogP contribution in [-0.4, -0.2) is 29.6 Å². The van der Waals surface area contributed by atoms with E-state index >= 15 is 0 Å². The first-order valence-electron chi connectivity index (χ1n) is 8.23. The zero-order chi connectivity index (χ0) is 15.2.